The first kappa shape index (κ1) is 11.3. The van der Waals surface area contributed by atoms with Crippen molar-refractivity contribution in [2.45, 2.75) is 6.92 Å². The summed E-state index contributed by atoms with van der Waals surface area (Å²) < 4.78 is 0. The third kappa shape index (κ3) is 3.44. The monoisotopic (exact) mass is 175 g/mol. The van der Waals surface area contributed by atoms with E-state index in [1.807, 2.05) is 0 Å². The molecule has 0 radical (unpaired) electrons. The van der Waals surface area contributed by atoms with Crippen LogP contribution in [0.3, 0.4) is 0 Å². The van der Waals surface area contributed by atoms with Crippen LogP contribution in [0, 0.1) is 6.92 Å². The number of hydrogen-bond acceptors (Lipinski definition) is 3. The van der Waals surface area contributed by atoms with E-state index >= 15 is 0 Å². The normalized spacial score (nSPS) is 8.45. The van der Waals surface area contributed by atoms with E-state index in [1.54, 1.807) is 13.0 Å². The van der Waals surface area contributed by atoms with E-state index in [-0.39, 0.29) is 56.9 Å². The van der Waals surface area contributed by atoms with Crippen molar-refractivity contribution in [3.05, 3.63) is 29.6 Å². The van der Waals surface area contributed by atoms with Crippen molar-refractivity contribution in [3.63, 3.8) is 0 Å². The van der Waals surface area contributed by atoms with Gasteiger partial charge in [-0.05, 0) is 19.1 Å². The van der Waals surface area contributed by atoms with Gasteiger partial charge in [0.1, 0.15) is 0 Å². The standard InChI is InChI=1S/C7H7NO2.K/c1-5-2-3-6(4-8-5)7(9)10;/h2-4H,1H3,(H,9,10);/q;+1/p-1. The second-order valence-corrected chi connectivity index (χ2v) is 1.98. The molecule has 0 unspecified atom stereocenters. The summed E-state index contributed by atoms with van der Waals surface area (Å²) in [6.07, 6.45) is 1.28. The van der Waals surface area contributed by atoms with E-state index in [0.29, 0.717) is 0 Å². The van der Waals surface area contributed by atoms with Crippen LogP contribution < -0.4 is 56.5 Å². The molecule has 1 rings (SSSR count). The predicted octanol–water partition coefficient (Wildman–Crippen LogP) is -3.24. The molecule has 0 spiro atoms. The maximum atomic E-state index is 10.2. The van der Waals surface area contributed by atoms with Crippen LogP contribution in [0.15, 0.2) is 18.3 Å². The van der Waals surface area contributed by atoms with Gasteiger partial charge < -0.3 is 9.90 Å². The van der Waals surface area contributed by atoms with E-state index in [2.05, 4.69) is 4.98 Å². The molecule has 0 atom stereocenters. The molecule has 1 heterocycles. The van der Waals surface area contributed by atoms with Gasteiger partial charge in [-0.1, -0.05) is 0 Å². The predicted molar refractivity (Wildman–Crippen MR) is 33.3 cm³/mol. The van der Waals surface area contributed by atoms with Crippen molar-refractivity contribution < 1.29 is 61.3 Å². The Morgan fingerprint density at radius 3 is 2.55 bits per heavy atom. The van der Waals surface area contributed by atoms with Crippen LogP contribution in [0.5, 0.6) is 0 Å². The molecule has 0 aromatic carbocycles. The van der Waals surface area contributed by atoms with Crippen LogP contribution in [-0.4, -0.2) is 11.0 Å². The minimum Gasteiger partial charge on any atom is -0.545 e. The number of aromatic nitrogens is 1. The Labute approximate surface area is 107 Å². The minimum atomic E-state index is -1.19. The molecule has 0 fully saturated rings. The van der Waals surface area contributed by atoms with Gasteiger partial charge in [0.2, 0.25) is 0 Å². The van der Waals surface area contributed by atoms with Crippen LogP contribution in [0.1, 0.15) is 16.1 Å². The van der Waals surface area contributed by atoms with Crippen LogP contribution in [0.2, 0.25) is 0 Å². The number of pyridine rings is 1. The van der Waals surface area contributed by atoms with Crippen molar-refractivity contribution in [2.75, 3.05) is 0 Å². The first-order valence-corrected chi connectivity index (χ1v) is 2.84. The molecule has 0 aliphatic rings. The van der Waals surface area contributed by atoms with Gasteiger partial charge in [0, 0.05) is 17.5 Å². The van der Waals surface area contributed by atoms with E-state index in [1.165, 1.54) is 12.3 Å². The Hall–Kier alpha value is 0.256. The molecule has 52 valence electrons. The Bertz CT molecular complexity index is 245. The molecule has 0 saturated carbocycles. The molecule has 0 aliphatic heterocycles. The maximum absolute atomic E-state index is 10.2. The zero-order chi connectivity index (χ0) is 7.56. The SMILES string of the molecule is Cc1ccc(C(=O)[O-])cn1.[K+]. The van der Waals surface area contributed by atoms with Crippen LogP contribution in [-0.2, 0) is 0 Å². The molecule has 0 N–H and O–H groups in total. The number of nitrogens with zero attached hydrogens (tertiary/aromatic N) is 1. The number of rotatable bonds is 1. The summed E-state index contributed by atoms with van der Waals surface area (Å²) in [5.41, 5.74) is 0.913. The quantitative estimate of drug-likeness (QED) is 0.421. The number of carbonyl (C=O) groups is 1. The van der Waals surface area contributed by atoms with Crippen molar-refractivity contribution in [3.8, 4) is 0 Å². The number of aromatic carboxylic acids is 1. The van der Waals surface area contributed by atoms with E-state index in [9.17, 15) is 9.90 Å². The molecule has 11 heavy (non-hydrogen) atoms. The Balaban J connectivity index is 0.000001000. The molecular weight excluding hydrogens is 169 g/mol. The number of hydrogen-bond donors (Lipinski definition) is 0. The second kappa shape index (κ2) is 5.00. The Morgan fingerprint density at radius 2 is 2.18 bits per heavy atom. The van der Waals surface area contributed by atoms with Gasteiger partial charge in [-0.25, -0.2) is 0 Å². The maximum Gasteiger partial charge on any atom is 1.00 e. The van der Waals surface area contributed by atoms with E-state index in [0.717, 1.165) is 5.69 Å². The van der Waals surface area contributed by atoms with Crippen LogP contribution in [0.25, 0.3) is 0 Å². The van der Waals surface area contributed by atoms with Gasteiger partial charge in [-0.3, -0.25) is 4.98 Å². The summed E-state index contributed by atoms with van der Waals surface area (Å²) in [6, 6.07) is 3.10. The molecule has 0 saturated heterocycles. The number of carboxylic acids is 1. The number of carboxylic acid groups (broad SMARTS) is 1. The molecule has 3 nitrogen and oxygen atoms in total. The van der Waals surface area contributed by atoms with Crippen LogP contribution in [0.4, 0.5) is 0 Å². The third-order valence-electron chi connectivity index (χ3n) is 1.15. The Morgan fingerprint density at radius 1 is 1.55 bits per heavy atom. The molecular formula is C7H6KNO2. The summed E-state index contributed by atoms with van der Waals surface area (Å²) in [6.45, 7) is 1.79. The topological polar surface area (TPSA) is 53.0 Å². The average Bonchev–Trinajstić information content (AvgIpc) is 1.88. The summed E-state index contributed by atoms with van der Waals surface area (Å²) in [5, 5.41) is 10.2. The van der Waals surface area contributed by atoms with Gasteiger partial charge in [-0.15, -0.1) is 0 Å². The fourth-order valence-corrected chi connectivity index (χ4v) is 0.589. The fraction of sp³-hybridized carbons (Fsp3) is 0.143. The smallest absolute Gasteiger partial charge is 0.545 e. The molecule has 4 heteroatoms. The van der Waals surface area contributed by atoms with Crippen LogP contribution >= 0.6 is 0 Å². The first-order chi connectivity index (χ1) is 4.70. The van der Waals surface area contributed by atoms with Gasteiger partial charge in [0.05, 0.1) is 5.97 Å². The molecule has 0 amide bonds. The van der Waals surface area contributed by atoms with Gasteiger partial charge in [0.25, 0.3) is 0 Å². The second-order valence-electron chi connectivity index (χ2n) is 1.98. The molecule has 1 aromatic rings. The van der Waals surface area contributed by atoms with Crippen molar-refractivity contribution >= 4 is 5.97 Å². The minimum absolute atomic E-state index is 0. The van der Waals surface area contributed by atoms with Gasteiger partial charge in [-0.2, -0.15) is 0 Å². The number of carbonyl (C=O) groups excluding carboxylic acids is 1. The number of aryl methyl sites for hydroxylation is 1. The zero-order valence-corrected chi connectivity index (χ0v) is 9.62. The van der Waals surface area contributed by atoms with E-state index < -0.39 is 5.97 Å². The van der Waals surface area contributed by atoms with Gasteiger partial charge in [0.15, 0.2) is 0 Å². The van der Waals surface area contributed by atoms with Crippen molar-refractivity contribution in [1.29, 1.82) is 0 Å². The average molecular weight is 175 g/mol. The molecule has 1 aromatic heterocycles. The van der Waals surface area contributed by atoms with Gasteiger partial charge >= 0.3 is 51.4 Å². The first-order valence-electron chi connectivity index (χ1n) is 2.84. The van der Waals surface area contributed by atoms with E-state index in [4.69, 9.17) is 0 Å². The summed E-state index contributed by atoms with van der Waals surface area (Å²) in [7, 11) is 0. The summed E-state index contributed by atoms with van der Waals surface area (Å²) >= 11 is 0. The molecule has 0 aliphatic carbocycles. The summed E-state index contributed by atoms with van der Waals surface area (Å²) in [4.78, 5) is 13.9. The largest absolute Gasteiger partial charge is 1.00 e. The zero-order valence-electron chi connectivity index (χ0n) is 6.50. The molecule has 0 bridgehead atoms. The summed E-state index contributed by atoms with van der Waals surface area (Å²) in [5.74, 6) is -1.19. The fourth-order valence-electron chi connectivity index (χ4n) is 0.589. The van der Waals surface area contributed by atoms with Crippen molar-refractivity contribution in [1.82, 2.24) is 4.98 Å². The Kier molecular flexibility index (Phi) is 5.12. The third-order valence-corrected chi connectivity index (χ3v) is 1.15. The van der Waals surface area contributed by atoms with Crippen molar-refractivity contribution in [2.24, 2.45) is 0 Å².